The molecule has 1 aromatic heterocycles. The lowest BCUT2D eigenvalue weighted by atomic mass is 10.1. The SMILES string of the molecule is CN(Cc1cccc(C#N)c1)C(CN)c1ccc(Cl)s1. The molecule has 2 aromatic rings. The standard InChI is InChI=1S/C15H16ClN3S/c1-19(10-12-4-2-3-11(7-12)8-17)13(9-18)14-5-6-15(16)20-14/h2-7,13H,9-10,18H2,1H3. The molecule has 0 spiro atoms. The molecule has 5 heteroatoms. The maximum Gasteiger partial charge on any atom is 0.0991 e. The van der Waals surface area contributed by atoms with Crippen molar-refractivity contribution in [3.63, 3.8) is 0 Å². The molecule has 0 saturated carbocycles. The molecule has 1 heterocycles. The minimum atomic E-state index is 0.137. The van der Waals surface area contributed by atoms with Crippen LogP contribution in [0.5, 0.6) is 0 Å². The summed E-state index contributed by atoms with van der Waals surface area (Å²) in [5.74, 6) is 0. The maximum atomic E-state index is 8.94. The van der Waals surface area contributed by atoms with Crippen LogP contribution in [0.1, 0.15) is 22.0 Å². The van der Waals surface area contributed by atoms with Crippen LogP contribution in [0.25, 0.3) is 0 Å². The topological polar surface area (TPSA) is 53.0 Å². The molecule has 0 amide bonds. The van der Waals surface area contributed by atoms with Gasteiger partial charge in [-0.3, -0.25) is 4.90 Å². The summed E-state index contributed by atoms with van der Waals surface area (Å²) in [4.78, 5) is 3.34. The highest BCUT2D eigenvalue weighted by Gasteiger charge is 2.17. The van der Waals surface area contributed by atoms with Crippen molar-refractivity contribution in [3.05, 3.63) is 56.7 Å². The van der Waals surface area contributed by atoms with Crippen LogP contribution in [0.3, 0.4) is 0 Å². The van der Waals surface area contributed by atoms with Gasteiger partial charge in [0.1, 0.15) is 0 Å². The number of hydrogen-bond donors (Lipinski definition) is 1. The fourth-order valence-electron chi connectivity index (χ4n) is 2.16. The van der Waals surface area contributed by atoms with Crippen LogP contribution < -0.4 is 5.73 Å². The molecule has 1 atom stereocenters. The van der Waals surface area contributed by atoms with Crippen molar-refractivity contribution in [3.8, 4) is 6.07 Å². The smallest absolute Gasteiger partial charge is 0.0991 e. The van der Waals surface area contributed by atoms with E-state index in [0.717, 1.165) is 21.3 Å². The second-order valence-electron chi connectivity index (χ2n) is 4.62. The lowest BCUT2D eigenvalue weighted by Crippen LogP contribution is -2.29. The van der Waals surface area contributed by atoms with E-state index in [1.807, 2.05) is 43.4 Å². The first-order chi connectivity index (χ1) is 9.63. The second kappa shape index (κ2) is 6.87. The Morgan fingerprint density at radius 3 is 2.80 bits per heavy atom. The van der Waals surface area contributed by atoms with Gasteiger partial charge in [-0.1, -0.05) is 23.7 Å². The number of nitrogens with zero attached hydrogens (tertiary/aromatic N) is 2. The molecule has 1 aromatic carbocycles. The quantitative estimate of drug-likeness (QED) is 0.921. The van der Waals surface area contributed by atoms with Crippen LogP contribution in [0.4, 0.5) is 0 Å². The normalized spacial score (nSPS) is 12.3. The number of rotatable bonds is 5. The molecule has 0 radical (unpaired) electrons. The number of halogens is 1. The molecule has 0 aliphatic rings. The van der Waals surface area contributed by atoms with Gasteiger partial charge in [0.25, 0.3) is 0 Å². The summed E-state index contributed by atoms with van der Waals surface area (Å²) in [6, 6.07) is 13.9. The van der Waals surface area contributed by atoms with Gasteiger partial charge in [-0.2, -0.15) is 5.26 Å². The summed E-state index contributed by atoms with van der Waals surface area (Å²) < 4.78 is 0.776. The van der Waals surface area contributed by atoms with Gasteiger partial charge in [-0.15, -0.1) is 11.3 Å². The van der Waals surface area contributed by atoms with Gasteiger partial charge in [0.05, 0.1) is 22.0 Å². The molecule has 20 heavy (non-hydrogen) atoms. The summed E-state index contributed by atoms with van der Waals surface area (Å²) in [7, 11) is 2.03. The summed E-state index contributed by atoms with van der Waals surface area (Å²) >= 11 is 7.55. The highest BCUT2D eigenvalue weighted by Crippen LogP contribution is 2.30. The Morgan fingerprint density at radius 2 is 2.20 bits per heavy atom. The molecule has 0 bridgehead atoms. The zero-order valence-corrected chi connectivity index (χ0v) is 12.8. The maximum absolute atomic E-state index is 8.94. The minimum absolute atomic E-state index is 0.137. The van der Waals surface area contributed by atoms with Crippen LogP contribution >= 0.6 is 22.9 Å². The zero-order valence-electron chi connectivity index (χ0n) is 11.2. The summed E-state index contributed by atoms with van der Waals surface area (Å²) in [6.07, 6.45) is 0. The second-order valence-corrected chi connectivity index (χ2v) is 6.37. The van der Waals surface area contributed by atoms with Crippen molar-refractivity contribution in [1.82, 2.24) is 4.90 Å². The first-order valence-electron chi connectivity index (χ1n) is 6.28. The van der Waals surface area contributed by atoms with E-state index < -0.39 is 0 Å². The summed E-state index contributed by atoms with van der Waals surface area (Å²) in [6.45, 7) is 1.28. The van der Waals surface area contributed by atoms with Crippen molar-refractivity contribution in [2.75, 3.05) is 13.6 Å². The molecular formula is C15H16ClN3S. The number of nitriles is 1. The van der Waals surface area contributed by atoms with Gasteiger partial charge in [-0.25, -0.2) is 0 Å². The van der Waals surface area contributed by atoms with Crippen molar-refractivity contribution < 1.29 is 0 Å². The third-order valence-electron chi connectivity index (χ3n) is 3.17. The van der Waals surface area contributed by atoms with Gasteiger partial charge in [0.2, 0.25) is 0 Å². The van der Waals surface area contributed by atoms with Gasteiger partial charge in [0.15, 0.2) is 0 Å². The third-order valence-corrected chi connectivity index (χ3v) is 4.50. The van der Waals surface area contributed by atoms with Gasteiger partial charge < -0.3 is 5.73 Å². The van der Waals surface area contributed by atoms with Gasteiger partial charge in [0, 0.05) is 18.0 Å². The van der Waals surface area contributed by atoms with E-state index in [-0.39, 0.29) is 6.04 Å². The van der Waals surface area contributed by atoms with Gasteiger partial charge >= 0.3 is 0 Å². The highest BCUT2D eigenvalue weighted by molar-refractivity contribution is 7.16. The van der Waals surface area contributed by atoms with Crippen molar-refractivity contribution >= 4 is 22.9 Å². The Hall–Kier alpha value is -1.38. The summed E-state index contributed by atoms with van der Waals surface area (Å²) in [5.41, 5.74) is 7.68. The van der Waals surface area contributed by atoms with E-state index in [2.05, 4.69) is 11.0 Å². The molecule has 2 rings (SSSR count). The van der Waals surface area contributed by atoms with Crippen LogP contribution in [-0.2, 0) is 6.54 Å². The van der Waals surface area contributed by atoms with Crippen LogP contribution in [0.15, 0.2) is 36.4 Å². The van der Waals surface area contributed by atoms with Crippen molar-refractivity contribution in [2.24, 2.45) is 5.73 Å². The molecule has 1 unspecified atom stereocenters. The molecule has 0 fully saturated rings. The monoisotopic (exact) mass is 305 g/mol. The van der Waals surface area contributed by atoms with Crippen molar-refractivity contribution in [1.29, 1.82) is 5.26 Å². The Morgan fingerprint density at radius 1 is 1.40 bits per heavy atom. The Bertz CT molecular complexity index is 618. The van der Waals surface area contributed by atoms with E-state index >= 15 is 0 Å². The number of likely N-dealkylation sites (N-methyl/N-ethyl adjacent to an activating group) is 1. The third kappa shape index (κ3) is 3.59. The average molecular weight is 306 g/mol. The summed E-state index contributed by atoms with van der Waals surface area (Å²) in [5, 5.41) is 8.94. The number of hydrogen-bond acceptors (Lipinski definition) is 4. The Balaban J connectivity index is 2.13. The highest BCUT2D eigenvalue weighted by atomic mass is 35.5. The fourth-order valence-corrected chi connectivity index (χ4v) is 3.40. The van der Waals surface area contributed by atoms with Crippen LogP contribution in [0, 0.1) is 11.3 Å². The zero-order chi connectivity index (χ0) is 14.5. The van der Waals surface area contributed by atoms with E-state index in [1.54, 1.807) is 11.3 Å². The molecule has 104 valence electrons. The first kappa shape index (κ1) is 15.0. The fraction of sp³-hybridized carbons (Fsp3) is 0.267. The Kier molecular flexibility index (Phi) is 5.16. The predicted molar refractivity (Wildman–Crippen MR) is 83.7 cm³/mol. The molecule has 0 saturated heterocycles. The van der Waals surface area contributed by atoms with Crippen LogP contribution in [-0.4, -0.2) is 18.5 Å². The van der Waals surface area contributed by atoms with E-state index in [9.17, 15) is 0 Å². The number of thiophene rings is 1. The lowest BCUT2D eigenvalue weighted by Gasteiger charge is -2.26. The molecule has 0 aliphatic carbocycles. The largest absolute Gasteiger partial charge is 0.329 e. The average Bonchev–Trinajstić information content (AvgIpc) is 2.86. The number of nitrogens with two attached hydrogens (primary N) is 1. The first-order valence-corrected chi connectivity index (χ1v) is 7.48. The molecule has 0 aliphatic heterocycles. The molecule has 2 N–H and O–H groups in total. The molecular weight excluding hydrogens is 290 g/mol. The van der Waals surface area contributed by atoms with E-state index in [1.165, 1.54) is 0 Å². The van der Waals surface area contributed by atoms with E-state index in [0.29, 0.717) is 12.1 Å². The number of benzene rings is 1. The predicted octanol–water partition coefficient (Wildman–Crippen LogP) is 3.40. The lowest BCUT2D eigenvalue weighted by molar-refractivity contribution is 0.245. The van der Waals surface area contributed by atoms with Gasteiger partial charge in [-0.05, 0) is 36.9 Å². The van der Waals surface area contributed by atoms with Crippen LogP contribution in [0.2, 0.25) is 4.34 Å². The van der Waals surface area contributed by atoms with E-state index in [4.69, 9.17) is 22.6 Å². The minimum Gasteiger partial charge on any atom is -0.329 e. The molecule has 3 nitrogen and oxygen atoms in total. The Labute approximate surface area is 128 Å². The van der Waals surface area contributed by atoms with Crippen molar-refractivity contribution in [2.45, 2.75) is 12.6 Å².